The lowest BCUT2D eigenvalue weighted by atomic mass is 9.94. The largest absolute Gasteiger partial charge is 0.507 e. The van der Waals surface area contributed by atoms with Crippen LogP contribution in [0.1, 0.15) is 48.9 Å². The van der Waals surface area contributed by atoms with Crippen LogP contribution < -0.4 is 18.9 Å². The topological polar surface area (TPSA) is 104 Å². The lowest BCUT2D eigenvalue weighted by Gasteiger charge is -2.26. The minimum atomic E-state index is -0.874. The molecule has 38 heavy (non-hydrogen) atoms. The van der Waals surface area contributed by atoms with Gasteiger partial charge in [0.25, 0.3) is 11.7 Å². The van der Waals surface area contributed by atoms with Gasteiger partial charge in [0, 0.05) is 25.8 Å². The maximum atomic E-state index is 13.4. The summed E-state index contributed by atoms with van der Waals surface area (Å²) in [7, 11) is 6.05. The Balaban J connectivity index is 2.16. The fourth-order valence-corrected chi connectivity index (χ4v) is 4.54. The molecule has 1 saturated heterocycles. The Kier molecular flexibility index (Phi) is 10.0. The summed E-state index contributed by atoms with van der Waals surface area (Å²) in [6, 6.07) is 7.70. The molecule has 1 aliphatic heterocycles. The van der Waals surface area contributed by atoms with Gasteiger partial charge in [-0.3, -0.25) is 9.59 Å². The van der Waals surface area contributed by atoms with Crippen molar-refractivity contribution in [3.05, 3.63) is 52.6 Å². The van der Waals surface area contributed by atoms with Crippen molar-refractivity contribution < 1.29 is 38.4 Å². The second-order valence-electron chi connectivity index (χ2n) is 8.98. The molecule has 2 aromatic rings. The molecule has 206 valence electrons. The number of methoxy groups -OCH3 is 4. The van der Waals surface area contributed by atoms with Crippen molar-refractivity contribution in [3.63, 3.8) is 0 Å². The number of aliphatic hydroxyl groups is 1. The fourth-order valence-electron chi connectivity index (χ4n) is 4.54. The zero-order valence-electron chi connectivity index (χ0n) is 23.0. The third-order valence-corrected chi connectivity index (χ3v) is 6.49. The number of hydrogen-bond acceptors (Lipinski definition) is 8. The smallest absolute Gasteiger partial charge is 0.295 e. The van der Waals surface area contributed by atoms with Crippen LogP contribution in [0.3, 0.4) is 0 Å². The van der Waals surface area contributed by atoms with E-state index in [9.17, 15) is 14.7 Å². The van der Waals surface area contributed by atoms with Gasteiger partial charge < -0.3 is 33.7 Å². The van der Waals surface area contributed by atoms with Crippen LogP contribution in [0.4, 0.5) is 0 Å². The number of benzene rings is 2. The van der Waals surface area contributed by atoms with Gasteiger partial charge in [0.05, 0.1) is 39.6 Å². The number of amides is 1. The van der Waals surface area contributed by atoms with Gasteiger partial charge in [-0.1, -0.05) is 13.3 Å². The van der Waals surface area contributed by atoms with Crippen LogP contribution >= 0.6 is 0 Å². The minimum Gasteiger partial charge on any atom is -0.507 e. The Morgan fingerprint density at radius 3 is 2.16 bits per heavy atom. The molecular formula is C29H37NO8. The molecule has 9 heteroatoms. The van der Waals surface area contributed by atoms with Gasteiger partial charge in [0.2, 0.25) is 5.75 Å². The molecule has 2 aromatic carbocycles. The number of aryl methyl sites for hydroxylation is 1. The second kappa shape index (κ2) is 13.2. The molecule has 1 aliphatic rings. The number of Topliss-reactive ketones (excluding diaryl/α,β-unsaturated/α-hetero) is 1. The van der Waals surface area contributed by atoms with Gasteiger partial charge in [-0.2, -0.15) is 0 Å². The molecule has 0 aromatic heterocycles. The number of likely N-dealkylation sites (tertiary alicyclic amines) is 1. The van der Waals surface area contributed by atoms with E-state index in [4.69, 9.17) is 23.7 Å². The molecule has 3 rings (SSSR count). The summed E-state index contributed by atoms with van der Waals surface area (Å²) in [4.78, 5) is 28.0. The van der Waals surface area contributed by atoms with E-state index in [2.05, 4.69) is 6.92 Å². The van der Waals surface area contributed by atoms with E-state index in [1.165, 1.54) is 26.2 Å². The molecule has 9 nitrogen and oxygen atoms in total. The summed E-state index contributed by atoms with van der Waals surface area (Å²) < 4.78 is 27.5. The zero-order valence-corrected chi connectivity index (χ0v) is 23.0. The Labute approximate surface area is 223 Å². The van der Waals surface area contributed by atoms with Crippen LogP contribution in [0, 0.1) is 6.92 Å². The summed E-state index contributed by atoms with van der Waals surface area (Å²) in [6.45, 7) is 5.21. The average molecular weight is 528 g/mol. The number of carbonyl (C=O) groups excluding carboxylic acids is 2. The van der Waals surface area contributed by atoms with E-state index in [1.807, 2.05) is 6.92 Å². The Hall–Kier alpha value is -3.72. The van der Waals surface area contributed by atoms with E-state index in [0.717, 1.165) is 18.4 Å². The van der Waals surface area contributed by atoms with Gasteiger partial charge in [-0.15, -0.1) is 0 Å². The summed E-state index contributed by atoms with van der Waals surface area (Å²) in [6.07, 6.45) is 2.46. The average Bonchev–Trinajstić information content (AvgIpc) is 3.17. The van der Waals surface area contributed by atoms with Crippen molar-refractivity contribution in [1.29, 1.82) is 0 Å². The van der Waals surface area contributed by atoms with Crippen LogP contribution in [-0.4, -0.2) is 69.9 Å². The monoisotopic (exact) mass is 527 g/mol. The predicted octanol–water partition coefficient (Wildman–Crippen LogP) is 4.66. The molecule has 1 atom stereocenters. The van der Waals surface area contributed by atoms with Crippen LogP contribution in [0.15, 0.2) is 35.9 Å². The van der Waals surface area contributed by atoms with Crippen molar-refractivity contribution in [2.24, 2.45) is 0 Å². The first kappa shape index (κ1) is 28.8. The standard InChI is InChI=1S/C29H37NO8/c1-7-8-14-38-21-11-10-19(15-18(21)2)26(31)24-25(30(12-9-13-34-3)29(33)27(24)32)20-16-22(35-4)28(37-6)23(17-20)36-5/h10-11,15-17,25,31H,7-9,12-14H2,1-6H3/t25-/m0/s1. The summed E-state index contributed by atoms with van der Waals surface area (Å²) in [5, 5.41) is 11.4. The molecule has 1 amide bonds. The molecule has 0 saturated carbocycles. The predicted molar refractivity (Wildman–Crippen MR) is 143 cm³/mol. The maximum absolute atomic E-state index is 13.4. The van der Waals surface area contributed by atoms with Crippen LogP contribution in [0.25, 0.3) is 5.76 Å². The maximum Gasteiger partial charge on any atom is 0.295 e. The first-order valence-electron chi connectivity index (χ1n) is 12.6. The van der Waals surface area contributed by atoms with Crippen LogP contribution in [-0.2, 0) is 14.3 Å². The van der Waals surface area contributed by atoms with Gasteiger partial charge in [0.1, 0.15) is 11.5 Å². The summed E-state index contributed by atoms with van der Waals surface area (Å²) in [5.74, 6) is 0.0971. The normalized spacial score (nSPS) is 16.6. The SMILES string of the molecule is CCCCOc1ccc(C(O)=C2C(=O)C(=O)N(CCCOC)[C@H]2c2cc(OC)c(OC)c(OC)c2)cc1C. The number of rotatable bonds is 13. The lowest BCUT2D eigenvalue weighted by molar-refractivity contribution is -0.140. The number of nitrogens with zero attached hydrogens (tertiary/aromatic N) is 1. The quantitative estimate of drug-likeness (QED) is 0.174. The Morgan fingerprint density at radius 1 is 0.921 bits per heavy atom. The summed E-state index contributed by atoms with van der Waals surface area (Å²) >= 11 is 0. The van der Waals surface area contributed by atoms with Crippen molar-refractivity contribution in [2.45, 2.75) is 39.2 Å². The van der Waals surface area contributed by atoms with E-state index < -0.39 is 17.7 Å². The molecular weight excluding hydrogens is 490 g/mol. The number of hydrogen-bond donors (Lipinski definition) is 1. The van der Waals surface area contributed by atoms with E-state index >= 15 is 0 Å². The number of carbonyl (C=O) groups is 2. The van der Waals surface area contributed by atoms with E-state index in [1.54, 1.807) is 37.4 Å². The molecule has 0 unspecified atom stereocenters. The first-order valence-corrected chi connectivity index (χ1v) is 12.6. The number of unbranched alkanes of at least 4 members (excludes halogenated alkanes) is 1. The van der Waals surface area contributed by atoms with Crippen LogP contribution in [0.5, 0.6) is 23.0 Å². The highest BCUT2D eigenvalue weighted by atomic mass is 16.5. The number of ketones is 1. The highest BCUT2D eigenvalue weighted by Crippen LogP contribution is 2.45. The van der Waals surface area contributed by atoms with Gasteiger partial charge in [0.15, 0.2) is 11.5 Å². The molecule has 0 bridgehead atoms. The van der Waals surface area contributed by atoms with Crippen molar-refractivity contribution in [1.82, 2.24) is 4.90 Å². The van der Waals surface area contributed by atoms with Gasteiger partial charge in [-0.25, -0.2) is 0 Å². The molecule has 1 N–H and O–H groups in total. The molecule has 0 radical (unpaired) electrons. The lowest BCUT2D eigenvalue weighted by Crippen LogP contribution is -2.31. The van der Waals surface area contributed by atoms with Gasteiger partial charge >= 0.3 is 0 Å². The second-order valence-corrected chi connectivity index (χ2v) is 8.98. The zero-order chi connectivity index (χ0) is 27.8. The van der Waals surface area contributed by atoms with Crippen molar-refractivity contribution in [2.75, 3.05) is 48.2 Å². The first-order chi connectivity index (χ1) is 18.3. The summed E-state index contributed by atoms with van der Waals surface area (Å²) in [5.41, 5.74) is 1.75. The number of ether oxygens (including phenoxy) is 5. The number of aliphatic hydroxyl groups excluding tert-OH is 1. The fraction of sp³-hybridized carbons (Fsp3) is 0.448. The molecule has 0 spiro atoms. The minimum absolute atomic E-state index is 0.0132. The van der Waals surface area contributed by atoms with Crippen LogP contribution in [0.2, 0.25) is 0 Å². The highest BCUT2D eigenvalue weighted by Gasteiger charge is 2.46. The molecule has 1 heterocycles. The Bertz CT molecular complexity index is 1160. The van der Waals surface area contributed by atoms with Crippen molar-refractivity contribution >= 4 is 17.4 Å². The van der Waals surface area contributed by atoms with E-state index in [0.29, 0.717) is 53.8 Å². The molecule has 1 fully saturated rings. The van der Waals surface area contributed by atoms with Crippen molar-refractivity contribution in [3.8, 4) is 23.0 Å². The third-order valence-electron chi connectivity index (χ3n) is 6.49. The highest BCUT2D eigenvalue weighted by molar-refractivity contribution is 6.46. The Morgan fingerprint density at radius 2 is 1.61 bits per heavy atom. The third kappa shape index (κ3) is 5.88. The van der Waals surface area contributed by atoms with Gasteiger partial charge in [-0.05, 0) is 61.2 Å². The van der Waals surface area contributed by atoms with E-state index in [-0.39, 0.29) is 17.9 Å². The molecule has 0 aliphatic carbocycles.